The highest BCUT2D eigenvalue weighted by Crippen LogP contribution is 2.36. The van der Waals surface area contributed by atoms with Crippen LogP contribution in [0.15, 0.2) is 35.4 Å². The van der Waals surface area contributed by atoms with Crippen molar-refractivity contribution in [2.45, 2.75) is 32.4 Å². The lowest BCUT2D eigenvalue weighted by Gasteiger charge is -2.31. The van der Waals surface area contributed by atoms with Crippen molar-refractivity contribution in [3.63, 3.8) is 0 Å². The Morgan fingerprint density at radius 2 is 1.93 bits per heavy atom. The molecule has 0 spiro atoms. The molecule has 10 heteroatoms. The molecule has 1 aromatic carbocycles. The number of fused-ring (bicyclic) bond motifs is 1. The third kappa shape index (κ3) is 3.91. The number of benzene rings is 1. The van der Waals surface area contributed by atoms with Gasteiger partial charge in [0, 0.05) is 30.4 Å². The molecule has 0 bridgehead atoms. The maximum absolute atomic E-state index is 13.3. The number of carbonyl (C=O) groups excluding carboxylic acids is 1. The first-order valence-corrected chi connectivity index (χ1v) is 10.3. The summed E-state index contributed by atoms with van der Waals surface area (Å²) in [7, 11) is 0. The van der Waals surface area contributed by atoms with Gasteiger partial charge in [0.15, 0.2) is 4.96 Å². The van der Waals surface area contributed by atoms with Gasteiger partial charge in [0.05, 0.1) is 16.9 Å². The minimum absolute atomic E-state index is 0.0303. The molecule has 0 aliphatic carbocycles. The van der Waals surface area contributed by atoms with E-state index in [4.69, 9.17) is 0 Å². The molecular formula is C20H19F3N4O2S. The predicted octanol–water partition coefficient (Wildman–Crippen LogP) is 4.33. The Morgan fingerprint density at radius 1 is 1.20 bits per heavy atom. The van der Waals surface area contributed by atoms with Crippen LogP contribution in [-0.2, 0) is 6.18 Å². The summed E-state index contributed by atoms with van der Waals surface area (Å²) in [4.78, 5) is 32.9. The van der Waals surface area contributed by atoms with Gasteiger partial charge in [0.2, 0.25) is 0 Å². The highest BCUT2D eigenvalue weighted by atomic mass is 32.1. The van der Waals surface area contributed by atoms with Crippen LogP contribution in [0.1, 0.15) is 40.1 Å². The average molecular weight is 436 g/mol. The first-order valence-electron chi connectivity index (χ1n) is 9.49. The molecule has 1 aliphatic heterocycles. The van der Waals surface area contributed by atoms with Gasteiger partial charge in [-0.2, -0.15) is 13.2 Å². The molecule has 6 nitrogen and oxygen atoms in total. The molecule has 1 fully saturated rings. The van der Waals surface area contributed by atoms with Crippen LogP contribution in [-0.4, -0.2) is 28.4 Å². The summed E-state index contributed by atoms with van der Waals surface area (Å²) in [5, 5.41) is 2.52. The van der Waals surface area contributed by atoms with E-state index < -0.39 is 23.2 Å². The molecule has 158 valence electrons. The largest absolute Gasteiger partial charge is 0.416 e. The summed E-state index contributed by atoms with van der Waals surface area (Å²) in [6, 6.07) is 3.30. The second-order valence-electron chi connectivity index (χ2n) is 7.20. The van der Waals surface area contributed by atoms with Gasteiger partial charge >= 0.3 is 6.18 Å². The van der Waals surface area contributed by atoms with Gasteiger partial charge in [-0.15, -0.1) is 11.3 Å². The first kappa shape index (κ1) is 20.4. The summed E-state index contributed by atoms with van der Waals surface area (Å²) in [6.07, 6.45) is 1.10. The monoisotopic (exact) mass is 436 g/mol. The van der Waals surface area contributed by atoms with E-state index in [1.54, 1.807) is 6.20 Å². The number of hydrogen-bond donors (Lipinski definition) is 1. The molecule has 1 amide bonds. The Labute approximate surface area is 174 Å². The van der Waals surface area contributed by atoms with Gasteiger partial charge in [0.1, 0.15) is 5.56 Å². The number of aryl methyl sites for hydroxylation is 1. The third-order valence-electron chi connectivity index (χ3n) is 5.04. The van der Waals surface area contributed by atoms with Crippen molar-refractivity contribution in [3.8, 4) is 0 Å². The van der Waals surface area contributed by atoms with Gasteiger partial charge < -0.3 is 10.2 Å². The van der Waals surface area contributed by atoms with Crippen LogP contribution in [0.5, 0.6) is 0 Å². The van der Waals surface area contributed by atoms with Gasteiger partial charge in [0.25, 0.3) is 11.5 Å². The number of alkyl halides is 3. The van der Waals surface area contributed by atoms with E-state index in [-0.39, 0.29) is 11.3 Å². The molecular weight excluding hydrogens is 417 g/mol. The number of rotatable bonds is 3. The number of hydrogen-bond acceptors (Lipinski definition) is 5. The Morgan fingerprint density at radius 3 is 2.63 bits per heavy atom. The van der Waals surface area contributed by atoms with Crippen LogP contribution in [0, 0.1) is 6.92 Å². The van der Waals surface area contributed by atoms with E-state index in [1.165, 1.54) is 21.8 Å². The van der Waals surface area contributed by atoms with Crippen molar-refractivity contribution in [2.24, 2.45) is 0 Å². The standard InChI is InChI=1S/C20H19F3N4O2S/c1-12-11-27-18(29)14(10-24-19(27)30-12)17(28)25-15-9-13(20(21,22)23)5-6-16(15)26-7-3-2-4-8-26/h5-6,9-11H,2-4,7-8H2,1H3,(H,25,28). The van der Waals surface area contributed by atoms with Gasteiger partial charge in [-0.25, -0.2) is 4.98 Å². The quantitative estimate of drug-likeness (QED) is 0.664. The highest BCUT2D eigenvalue weighted by molar-refractivity contribution is 7.16. The van der Waals surface area contributed by atoms with Gasteiger partial charge in [-0.3, -0.25) is 14.0 Å². The molecule has 1 aliphatic rings. The zero-order valence-corrected chi connectivity index (χ0v) is 16.9. The number of carbonyl (C=O) groups is 1. The van der Waals surface area contributed by atoms with Crippen LogP contribution in [0.4, 0.5) is 24.5 Å². The lowest BCUT2D eigenvalue weighted by atomic mass is 10.1. The highest BCUT2D eigenvalue weighted by Gasteiger charge is 2.32. The van der Waals surface area contributed by atoms with Crippen molar-refractivity contribution in [1.82, 2.24) is 9.38 Å². The van der Waals surface area contributed by atoms with E-state index in [2.05, 4.69) is 10.3 Å². The number of anilines is 2. The number of nitrogens with zero attached hydrogens (tertiary/aromatic N) is 3. The zero-order valence-electron chi connectivity index (χ0n) is 16.1. The van der Waals surface area contributed by atoms with E-state index in [0.717, 1.165) is 42.5 Å². The van der Waals surface area contributed by atoms with Crippen LogP contribution in [0.25, 0.3) is 4.96 Å². The molecule has 3 aromatic rings. The lowest BCUT2D eigenvalue weighted by Crippen LogP contribution is -2.31. The minimum atomic E-state index is -4.55. The number of piperidine rings is 1. The van der Waals surface area contributed by atoms with Crippen LogP contribution in [0.2, 0.25) is 0 Å². The molecule has 0 unspecified atom stereocenters. The molecule has 1 N–H and O–H groups in total. The van der Waals surface area contributed by atoms with Crippen molar-refractivity contribution in [1.29, 1.82) is 0 Å². The summed E-state index contributed by atoms with van der Waals surface area (Å²) < 4.78 is 41.0. The molecule has 4 rings (SSSR count). The topological polar surface area (TPSA) is 66.7 Å². The first-order chi connectivity index (χ1) is 14.2. The van der Waals surface area contributed by atoms with Crippen LogP contribution in [0.3, 0.4) is 0 Å². The van der Waals surface area contributed by atoms with E-state index in [9.17, 15) is 22.8 Å². The number of halogens is 3. The van der Waals surface area contributed by atoms with Crippen molar-refractivity contribution in [2.75, 3.05) is 23.3 Å². The molecule has 0 atom stereocenters. The molecule has 0 radical (unpaired) electrons. The normalized spacial score (nSPS) is 14.9. The van der Waals surface area contributed by atoms with Crippen LogP contribution >= 0.6 is 11.3 Å². The van der Waals surface area contributed by atoms with Crippen molar-refractivity contribution in [3.05, 3.63) is 57.0 Å². The third-order valence-corrected chi connectivity index (χ3v) is 5.95. The summed E-state index contributed by atoms with van der Waals surface area (Å²) in [6.45, 7) is 3.20. The zero-order chi connectivity index (χ0) is 21.5. The smallest absolute Gasteiger partial charge is 0.370 e. The van der Waals surface area contributed by atoms with Crippen molar-refractivity contribution < 1.29 is 18.0 Å². The Hall–Kier alpha value is -2.88. The average Bonchev–Trinajstić information content (AvgIpc) is 3.09. The molecule has 0 saturated carbocycles. The fourth-order valence-corrected chi connectivity index (χ4v) is 4.35. The summed E-state index contributed by atoms with van der Waals surface area (Å²) >= 11 is 1.31. The fraction of sp³-hybridized carbons (Fsp3) is 0.350. The molecule has 1 saturated heterocycles. The van der Waals surface area contributed by atoms with Crippen molar-refractivity contribution >= 4 is 33.6 Å². The number of amides is 1. The minimum Gasteiger partial charge on any atom is -0.370 e. The Kier molecular flexibility index (Phi) is 5.27. The second-order valence-corrected chi connectivity index (χ2v) is 8.42. The lowest BCUT2D eigenvalue weighted by molar-refractivity contribution is -0.137. The van der Waals surface area contributed by atoms with E-state index >= 15 is 0 Å². The maximum Gasteiger partial charge on any atom is 0.416 e. The Bertz CT molecular complexity index is 1160. The number of thiazole rings is 1. The van der Waals surface area contributed by atoms with Gasteiger partial charge in [-0.05, 0) is 44.4 Å². The molecule has 3 heterocycles. The molecule has 2 aromatic heterocycles. The fourth-order valence-electron chi connectivity index (χ4n) is 3.56. The predicted molar refractivity (Wildman–Crippen MR) is 110 cm³/mol. The van der Waals surface area contributed by atoms with E-state index in [1.807, 2.05) is 11.8 Å². The maximum atomic E-state index is 13.3. The summed E-state index contributed by atoms with van der Waals surface area (Å²) in [5.41, 5.74) is -1.11. The summed E-state index contributed by atoms with van der Waals surface area (Å²) in [5.74, 6) is -0.789. The number of nitrogens with one attached hydrogen (secondary N) is 1. The van der Waals surface area contributed by atoms with Crippen LogP contribution < -0.4 is 15.8 Å². The second kappa shape index (κ2) is 7.75. The SMILES string of the molecule is Cc1cn2c(=O)c(C(=O)Nc3cc(C(F)(F)F)ccc3N3CCCCC3)cnc2s1. The van der Waals surface area contributed by atoms with Gasteiger partial charge in [-0.1, -0.05) is 0 Å². The van der Waals surface area contributed by atoms with E-state index in [0.29, 0.717) is 23.7 Å². The molecule has 30 heavy (non-hydrogen) atoms. The number of aromatic nitrogens is 2. The Balaban J connectivity index is 1.72.